The first kappa shape index (κ1) is 26.5. The lowest BCUT2D eigenvalue weighted by molar-refractivity contribution is 0.0578. The molecule has 10 heteroatoms. The number of hydrogen-bond donors (Lipinski definition) is 2. The van der Waals surface area contributed by atoms with Gasteiger partial charge < -0.3 is 24.8 Å². The fraction of sp³-hybridized carbons (Fsp3) is 0.310. The summed E-state index contributed by atoms with van der Waals surface area (Å²) in [6, 6.07) is 16.4. The molecule has 2 aromatic heterocycles. The minimum Gasteiger partial charge on any atom is -0.487 e. The van der Waals surface area contributed by atoms with Crippen LogP contribution in [-0.4, -0.2) is 49.7 Å². The number of nitrogens with one attached hydrogen (secondary N) is 1. The summed E-state index contributed by atoms with van der Waals surface area (Å²) in [5, 5.41) is 14.2. The van der Waals surface area contributed by atoms with E-state index in [0.717, 1.165) is 5.69 Å². The molecule has 1 aliphatic heterocycles. The van der Waals surface area contributed by atoms with Crippen LogP contribution < -0.4 is 14.8 Å². The van der Waals surface area contributed by atoms with Gasteiger partial charge in [-0.3, -0.25) is 4.98 Å². The number of nitrogens with zero attached hydrogens (tertiary/aromatic N) is 4. The average Bonchev–Trinajstić information content (AvgIpc) is 3.34. The quantitative estimate of drug-likeness (QED) is 0.268. The van der Waals surface area contributed by atoms with Crippen LogP contribution in [0.25, 0.3) is 10.9 Å². The van der Waals surface area contributed by atoms with Gasteiger partial charge in [0.15, 0.2) is 0 Å². The van der Waals surface area contributed by atoms with Crippen molar-refractivity contribution in [2.24, 2.45) is 5.41 Å². The lowest BCUT2D eigenvalue weighted by Crippen LogP contribution is -2.48. The molecule has 1 unspecified atom stereocenters. The zero-order chi connectivity index (χ0) is 27.6. The van der Waals surface area contributed by atoms with Crippen molar-refractivity contribution < 1.29 is 19.4 Å². The first-order valence-corrected chi connectivity index (χ1v) is 13.1. The molecule has 0 radical (unpaired) electrons. The second-order valence-electron chi connectivity index (χ2n) is 10.5. The van der Waals surface area contributed by atoms with Gasteiger partial charge >= 0.3 is 6.09 Å². The Bertz CT molecular complexity index is 1470. The number of benzene rings is 2. The molecule has 0 saturated carbocycles. The van der Waals surface area contributed by atoms with Crippen molar-refractivity contribution in [1.82, 2.24) is 19.9 Å². The molecular formula is C29H30ClN5O4. The third-order valence-corrected chi connectivity index (χ3v) is 6.97. The van der Waals surface area contributed by atoms with E-state index in [1.165, 1.54) is 11.2 Å². The van der Waals surface area contributed by atoms with E-state index in [-0.39, 0.29) is 17.6 Å². The molecule has 1 fully saturated rings. The number of aromatic nitrogens is 3. The van der Waals surface area contributed by atoms with Gasteiger partial charge in [0.1, 0.15) is 36.4 Å². The van der Waals surface area contributed by atoms with Gasteiger partial charge in [-0.1, -0.05) is 44.5 Å². The Morgan fingerprint density at radius 1 is 1.10 bits per heavy atom. The van der Waals surface area contributed by atoms with Crippen molar-refractivity contribution >= 4 is 40.1 Å². The van der Waals surface area contributed by atoms with Crippen molar-refractivity contribution in [1.29, 1.82) is 0 Å². The van der Waals surface area contributed by atoms with Crippen LogP contribution in [0, 0.1) is 5.41 Å². The topological polar surface area (TPSA) is 110 Å². The maximum Gasteiger partial charge on any atom is 0.407 e. The SMILES string of the molecule is CC(C)(C)C1[C@@H](Oc2cccc3ncnc(Nc4ccc(OCc5ccccn5)c(Cl)c4)c23)CCN1C(=O)O. The summed E-state index contributed by atoms with van der Waals surface area (Å²) in [7, 11) is 0. The minimum absolute atomic E-state index is 0.302. The Balaban J connectivity index is 1.40. The molecule has 39 heavy (non-hydrogen) atoms. The lowest BCUT2D eigenvalue weighted by atomic mass is 9.84. The molecule has 202 valence electrons. The van der Waals surface area contributed by atoms with Crippen molar-refractivity contribution in [3.8, 4) is 11.5 Å². The van der Waals surface area contributed by atoms with Gasteiger partial charge in [-0.05, 0) is 47.9 Å². The van der Waals surface area contributed by atoms with Gasteiger partial charge in [0.2, 0.25) is 0 Å². The Morgan fingerprint density at radius 2 is 1.95 bits per heavy atom. The number of pyridine rings is 1. The summed E-state index contributed by atoms with van der Waals surface area (Å²) >= 11 is 6.53. The summed E-state index contributed by atoms with van der Waals surface area (Å²) < 4.78 is 12.4. The van der Waals surface area contributed by atoms with Crippen LogP contribution in [0.3, 0.4) is 0 Å². The van der Waals surface area contributed by atoms with Crippen LogP contribution in [-0.2, 0) is 6.61 Å². The average molecular weight is 548 g/mol. The van der Waals surface area contributed by atoms with Gasteiger partial charge in [-0.15, -0.1) is 0 Å². The summed E-state index contributed by atoms with van der Waals surface area (Å²) in [5.41, 5.74) is 1.91. The molecule has 3 heterocycles. The maximum absolute atomic E-state index is 11.9. The number of carbonyl (C=O) groups is 1. The molecule has 2 N–H and O–H groups in total. The van der Waals surface area contributed by atoms with Gasteiger partial charge in [-0.2, -0.15) is 0 Å². The number of amides is 1. The maximum atomic E-state index is 11.9. The number of hydrogen-bond acceptors (Lipinski definition) is 7. The normalized spacial score (nSPS) is 17.3. The van der Waals surface area contributed by atoms with E-state index in [4.69, 9.17) is 21.1 Å². The van der Waals surface area contributed by atoms with Crippen LogP contribution >= 0.6 is 11.6 Å². The number of ether oxygens (including phenoxy) is 2. The highest BCUT2D eigenvalue weighted by Gasteiger charge is 2.45. The molecule has 0 aliphatic carbocycles. The molecule has 0 spiro atoms. The number of rotatable bonds is 7. The Kier molecular flexibility index (Phi) is 7.43. The summed E-state index contributed by atoms with van der Waals surface area (Å²) in [6.45, 7) is 6.81. The van der Waals surface area contributed by atoms with Crippen molar-refractivity contribution in [2.75, 3.05) is 11.9 Å². The Morgan fingerprint density at radius 3 is 2.67 bits per heavy atom. The zero-order valence-electron chi connectivity index (χ0n) is 22.0. The van der Waals surface area contributed by atoms with Crippen LogP contribution in [0.1, 0.15) is 32.9 Å². The second-order valence-corrected chi connectivity index (χ2v) is 10.9. The summed E-state index contributed by atoms with van der Waals surface area (Å²) in [6.07, 6.45) is 2.55. The van der Waals surface area contributed by atoms with E-state index in [0.29, 0.717) is 58.5 Å². The van der Waals surface area contributed by atoms with E-state index in [2.05, 4.69) is 20.3 Å². The van der Waals surface area contributed by atoms with Gasteiger partial charge in [0, 0.05) is 24.8 Å². The second kappa shape index (κ2) is 10.9. The number of likely N-dealkylation sites (tertiary alicyclic amines) is 1. The van der Waals surface area contributed by atoms with Crippen LogP contribution in [0.2, 0.25) is 5.02 Å². The Labute approximate surface area is 231 Å². The van der Waals surface area contributed by atoms with Gasteiger partial charge in [-0.25, -0.2) is 14.8 Å². The fourth-order valence-corrected chi connectivity index (χ4v) is 5.26. The standard InChI is InChI=1S/C29H30ClN5O4/c1-29(2,3)26-24(12-14-35(26)28(36)37)39-23-9-6-8-21-25(23)27(33-17-32-21)34-18-10-11-22(20(30)15-18)38-16-19-7-4-5-13-31-19/h4-11,13,15,17,24,26H,12,14,16H2,1-3H3,(H,36,37)(H,32,33,34)/t24-,26?/m0/s1. The monoisotopic (exact) mass is 547 g/mol. The van der Waals surface area contributed by atoms with Crippen molar-refractivity contribution in [2.45, 2.75) is 45.9 Å². The molecule has 1 aliphatic rings. The lowest BCUT2D eigenvalue weighted by Gasteiger charge is -2.36. The minimum atomic E-state index is -0.936. The zero-order valence-corrected chi connectivity index (χ0v) is 22.7. The van der Waals surface area contributed by atoms with E-state index in [1.54, 1.807) is 18.3 Å². The first-order valence-electron chi connectivity index (χ1n) is 12.7. The molecule has 1 saturated heterocycles. The first-order chi connectivity index (χ1) is 18.7. The highest BCUT2D eigenvalue weighted by atomic mass is 35.5. The van der Waals surface area contributed by atoms with Crippen molar-refractivity contribution in [3.63, 3.8) is 0 Å². The number of anilines is 2. The fourth-order valence-electron chi connectivity index (χ4n) is 5.03. The van der Waals surface area contributed by atoms with E-state index >= 15 is 0 Å². The molecular weight excluding hydrogens is 518 g/mol. The van der Waals surface area contributed by atoms with Crippen LogP contribution in [0.15, 0.2) is 67.1 Å². The van der Waals surface area contributed by atoms with Gasteiger partial charge in [0.05, 0.1) is 27.7 Å². The predicted molar refractivity (Wildman–Crippen MR) is 150 cm³/mol. The highest BCUT2D eigenvalue weighted by Crippen LogP contribution is 2.39. The van der Waals surface area contributed by atoms with Crippen molar-refractivity contribution in [3.05, 3.63) is 77.8 Å². The highest BCUT2D eigenvalue weighted by molar-refractivity contribution is 6.32. The molecule has 0 bridgehead atoms. The van der Waals surface area contributed by atoms with Gasteiger partial charge in [0.25, 0.3) is 0 Å². The number of fused-ring (bicyclic) bond motifs is 1. The smallest absolute Gasteiger partial charge is 0.407 e. The molecule has 4 aromatic rings. The van der Waals surface area contributed by atoms with E-state index in [1.807, 2.05) is 63.2 Å². The molecule has 2 aromatic carbocycles. The van der Waals surface area contributed by atoms with Crippen LogP contribution in [0.5, 0.6) is 11.5 Å². The largest absolute Gasteiger partial charge is 0.487 e. The number of carboxylic acid groups (broad SMARTS) is 1. The molecule has 9 nitrogen and oxygen atoms in total. The summed E-state index contributed by atoms with van der Waals surface area (Å²) in [4.78, 5) is 26.6. The van der Waals surface area contributed by atoms with E-state index < -0.39 is 6.09 Å². The third kappa shape index (κ3) is 5.83. The van der Waals surface area contributed by atoms with E-state index in [9.17, 15) is 9.90 Å². The number of halogens is 1. The molecule has 2 atom stereocenters. The molecule has 1 amide bonds. The molecule has 5 rings (SSSR count). The summed E-state index contributed by atoms with van der Waals surface area (Å²) in [5.74, 6) is 1.68. The van der Waals surface area contributed by atoms with Crippen LogP contribution in [0.4, 0.5) is 16.3 Å². The third-order valence-electron chi connectivity index (χ3n) is 6.67. The Hall–Kier alpha value is -4.11. The predicted octanol–water partition coefficient (Wildman–Crippen LogP) is 6.55.